The third-order valence-corrected chi connectivity index (χ3v) is 4.31. The van der Waals surface area contributed by atoms with E-state index in [-0.39, 0.29) is 24.1 Å². The van der Waals surface area contributed by atoms with Gasteiger partial charge in [0.15, 0.2) is 0 Å². The third kappa shape index (κ3) is 4.53. The average Bonchev–Trinajstić information content (AvgIpc) is 2.59. The third-order valence-electron chi connectivity index (χ3n) is 4.31. The van der Waals surface area contributed by atoms with Gasteiger partial charge in [0.1, 0.15) is 5.75 Å². The van der Waals surface area contributed by atoms with Gasteiger partial charge in [-0.1, -0.05) is 36.4 Å². The second kappa shape index (κ2) is 7.17. The van der Waals surface area contributed by atoms with Crippen LogP contribution in [0.5, 0.6) is 5.75 Å². The number of carbonyl (C=O) groups excluding carboxylic acids is 1. The van der Waals surface area contributed by atoms with E-state index in [1.807, 2.05) is 24.3 Å². The minimum Gasteiger partial charge on any atom is -0.406 e. The Kier molecular flexibility index (Phi) is 4.97. The van der Waals surface area contributed by atoms with Crippen LogP contribution in [0.15, 0.2) is 48.5 Å². The fraction of sp³-hybridized carbons (Fsp3) is 0.316. The second-order valence-corrected chi connectivity index (χ2v) is 6.05. The summed E-state index contributed by atoms with van der Waals surface area (Å²) >= 11 is 0. The van der Waals surface area contributed by atoms with E-state index in [1.165, 1.54) is 29.8 Å². The average molecular weight is 349 g/mol. The number of nitrogens with one attached hydrogen (secondary N) is 1. The monoisotopic (exact) mass is 349 g/mol. The Hall–Kier alpha value is -2.50. The van der Waals surface area contributed by atoms with Gasteiger partial charge in [0, 0.05) is 6.54 Å². The van der Waals surface area contributed by atoms with Crippen LogP contribution in [0.25, 0.3) is 0 Å². The lowest BCUT2D eigenvalue weighted by Crippen LogP contribution is -2.31. The van der Waals surface area contributed by atoms with Gasteiger partial charge in [0.2, 0.25) is 5.91 Å². The zero-order valence-electron chi connectivity index (χ0n) is 13.5. The molecule has 2 aromatic rings. The molecule has 0 bridgehead atoms. The summed E-state index contributed by atoms with van der Waals surface area (Å²) in [5.41, 5.74) is 3.00. The Morgan fingerprint density at radius 3 is 2.56 bits per heavy atom. The van der Waals surface area contributed by atoms with Crippen LogP contribution in [0.3, 0.4) is 0 Å². The topological polar surface area (TPSA) is 38.3 Å². The van der Waals surface area contributed by atoms with Crippen LogP contribution in [-0.2, 0) is 17.8 Å². The number of hydrogen-bond donors (Lipinski definition) is 1. The number of ether oxygens (including phenoxy) is 1. The molecule has 0 spiro atoms. The molecule has 1 aliphatic rings. The van der Waals surface area contributed by atoms with Crippen molar-refractivity contribution in [3.8, 4) is 5.75 Å². The summed E-state index contributed by atoms with van der Waals surface area (Å²) in [5.74, 6) is -0.496. The summed E-state index contributed by atoms with van der Waals surface area (Å²) in [4.78, 5) is 12.5. The first-order valence-electron chi connectivity index (χ1n) is 8.12. The van der Waals surface area contributed by atoms with Gasteiger partial charge in [-0.05, 0) is 48.1 Å². The molecule has 0 aromatic heterocycles. The van der Waals surface area contributed by atoms with Gasteiger partial charge in [-0.2, -0.15) is 0 Å². The van der Waals surface area contributed by atoms with Crippen molar-refractivity contribution < 1.29 is 22.7 Å². The number of rotatable bonds is 4. The molecule has 132 valence electrons. The highest BCUT2D eigenvalue weighted by atomic mass is 19.4. The highest BCUT2D eigenvalue weighted by molar-refractivity contribution is 5.84. The van der Waals surface area contributed by atoms with E-state index < -0.39 is 6.36 Å². The summed E-state index contributed by atoms with van der Waals surface area (Å²) in [6.07, 6.45) is -1.94. The number of benzene rings is 2. The van der Waals surface area contributed by atoms with Crippen LogP contribution >= 0.6 is 0 Å². The van der Waals surface area contributed by atoms with Crippen LogP contribution in [0.4, 0.5) is 13.2 Å². The lowest BCUT2D eigenvalue weighted by Gasteiger charge is -2.24. The van der Waals surface area contributed by atoms with E-state index in [0.29, 0.717) is 5.56 Å². The van der Waals surface area contributed by atoms with Crippen molar-refractivity contribution in [2.45, 2.75) is 38.1 Å². The number of amides is 1. The van der Waals surface area contributed by atoms with E-state index in [4.69, 9.17) is 0 Å². The van der Waals surface area contributed by atoms with Gasteiger partial charge in [0.25, 0.3) is 0 Å². The molecule has 0 heterocycles. The SMILES string of the molecule is O=C(NCc1ccc(OC(F)(F)F)cc1)C1CCCc2ccccc21. The Morgan fingerprint density at radius 2 is 1.84 bits per heavy atom. The molecule has 1 atom stereocenters. The van der Waals surface area contributed by atoms with Gasteiger partial charge >= 0.3 is 6.36 Å². The van der Waals surface area contributed by atoms with E-state index in [2.05, 4.69) is 10.1 Å². The molecule has 0 saturated carbocycles. The van der Waals surface area contributed by atoms with Crippen molar-refractivity contribution in [3.05, 3.63) is 65.2 Å². The van der Waals surface area contributed by atoms with Gasteiger partial charge in [-0.25, -0.2) is 0 Å². The molecule has 1 unspecified atom stereocenters. The minimum absolute atomic E-state index is 0.0530. The van der Waals surface area contributed by atoms with Crippen LogP contribution in [0.2, 0.25) is 0 Å². The van der Waals surface area contributed by atoms with Crippen molar-refractivity contribution in [1.82, 2.24) is 5.32 Å². The van der Waals surface area contributed by atoms with Gasteiger partial charge in [-0.15, -0.1) is 13.2 Å². The Bertz CT molecular complexity index is 741. The lowest BCUT2D eigenvalue weighted by atomic mass is 9.82. The second-order valence-electron chi connectivity index (χ2n) is 6.05. The number of halogens is 3. The molecule has 0 radical (unpaired) electrons. The van der Waals surface area contributed by atoms with Crippen molar-refractivity contribution >= 4 is 5.91 Å². The molecule has 0 aliphatic heterocycles. The largest absolute Gasteiger partial charge is 0.573 e. The standard InChI is InChI=1S/C19H18F3NO2/c20-19(21,22)25-15-10-8-13(9-11-15)12-23-18(24)17-7-3-5-14-4-1-2-6-16(14)17/h1-2,4,6,8-11,17H,3,5,7,12H2,(H,23,24). The molecule has 2 aromatic carbocycles. The first-order chi connectivity index (χ1) is 11.9. The number of fused-ring (bicyclic) bond motifs is 1. The summed E-state index contributed by atoms with van der Waals surface area (Å²) in [7, 11) is 0. The predicted molar refractivity (Wildman–Crippen MR) is 87.1 cm³/mol. The van der Waals surface area contributed by atoms with Crippen LogP contribution < -0.4 is 10.1 Å². The number of alkyl halides is 3. The maximum absolute atomic E-state index is 12.5. The van der Waals surface area contributed by atoms with Crippen molar-refractivity contribution in [2.24, 2.45) is 0 Å². The van der Waals surface area contributed by atoms with Crippen molar-refractivity contribution in [2.75, 3.05) is 0 Å². The normalized spacial score (nSPS) is 16.8. The number of carbonyl (C=O) groups is 1. The number of hydrogen-bond acceptors (Lipinski definition) is 2. The quantitative estimate of drug-likeness (QED) is 0.893. The molecule has 1 amide bonds. The van der Waals surface area contributed by atoms with Gasteiger partial charge in [0.05, 0.1) is 5.92 Å². The molecular weight excluding hydrogens is 331 g/mol. The lowest BCUT2D eigenvalue weighted by molar-refractivity contribution is -0.274. The van der Waals surface area contributed by atoms with Crippen LogP contribution in [0, 0.1) is 0 Å². The Morgan fingerprint density at radius 1 is 1.12 bits per heavy atom. The smallest absolute Gasteiger partial charge is 0.406 e. The van der Waals surface area contributed by atoms with Crippen molar-refractivity contribution in [1.29, 1.82) is 0 Å². The van der Waals surface area contributed by atoms with Crippen molar-refractivity contribution in [3.63, 3.8) is 0 Å². The maximum Gasteiger partial charge on any atom is 0.573 e. The highest BCUT2D eigenvalue weighted by Crippen LogP contribution is 2.31. The van der Waals surface area contributed by atoms with E-state index in [0.717, 1.165) is 24.8 Å². The summed E-state index contributed by atoms with van der Waals surface area (Å²) in [5, 5.41) is 2.88. The zero-order chi connectivity index (χ0) is 17.9. The van der Waals surface area contributed by atoms with Gasteiger partial charge < -0.3 is 10.1 Å². The molecular formula is C19H18F3NO2. The van der Waals surface area contributed by atoms with E-state index >= 15 is 0 Å². The summed E-state index contributed by atoms with van der Waals surface area (Å²) < 4.78 is 40.3. The molecule has 25 heavy (non-hydrogen) atoms. The predicted octanol–water partition coefficient (Wildman–Crippen LogP) is 4.32. The first-order valence-corrected chi connectivity index (χ1v) is 8.12. The molecule has 0 fully saturated rings. The minimum atomic E-state index is -4.70. The van der Waals surface area contributed by atoms with E-state index in [9.17, 15) is 18.0 Å². The van der Waals surface area contributed by atoms with Crippen LogP contribution in [0.1, 0.15) is 35.4 Å². The van der Waals surface area contributed by atoms with E-state index in [1.54, 1.807) is 0 Å². The first kappa shape index (κ1) is 17.3. The zero-order valence-corrected chi connectivity index (χ0v) is 13.5. The molecule has 3 rings (SSSR count). The summed E-state index contributed by atoms with van der Waals surface area (Å²) in [6, 6.07) is 13.5. The molecule has 1 N–H and O–H groups in total. The fourth-order valence-corrected chi connectivity index (χ4v) is 3.15. The number of aryl methyl sites for hydroxylation is 1. The molecule has 6 heteroatoms. The highest BCUT2D eigenvalue weighted by Gasteiger charge is 2.31. The molecule has 3 nitrogen and oxygen atoms in total. The Balaban J connectivity index is 1.60. The van der Waals surface area contributed by atoms with Gasteiger partial charge in [-0.3, -0.25) is 4.79 Å². The maximum atomic E-state index is 12.5. The van der Waals surface area contributed by atoms with Crippen LogP contribution in [-0.4, -0.2) is 12.3 Å². The fourth-order valence-electron chi connectivity index (χ4n) is 3.15. The summed E-state index contributed by atoms with van der Waals surface area (Å²) in [6.45, 7) is 0.268. The molecule has 0 saturated heterocycles. The molecule has 1 aliphatic carbocycles. The Labute approximate surface area is 143 Å².